The van der Waals surface area contributed by atoms with Crippen molar-refractivity contribution in [2.75, 3.05) is 36.9 Å². The van der Waals surface area contributed by atoms with Gasteiger partial charge >= 0.3 is 0 Å². The monoisotopic (exact) mass is 321 g/mol. The van der Waals surface area contributed by atoms with E-state index in [2.05, 4.69) is 15.0 Å². The van der Waals surface area contributed by atoms with Gasteiger partial charge in [0.2, 0.25) is 11.9 Å². The number of rotatable bonds is 4. The molecule has 0 saturated carbocycles. The zero-order valence-corrected chi connectivity index (χ0v) is 12.7. The van der Waals surface area contributed by atoms with Gasteiger partial charge < -0.3 is 20.1 Å². The number of anilines is 2. The number of para-hydroxylation sites is 1. The molecular weight excluding hydrogens is 306 g/mol. The van der Waals surface area contributed by atoms with Crippen LogP contribution in [0.3, 0.4) is 0 Å². The number of nitrogens with zero attached hydrogens (tertiary/aromatic N) is 4. The highest BCUT2D eigenvalue weighted by molar-refractivity contribution is 6.32. The molecule has 0 spiro atoms. The summed E-state index contributed by atoms with van der Waals surface area (Å²) in [5, 5.41) is 0.540. The minimum Gasteiger partial charge on any atom is -0.484 e. The number of nitrogens with two attached hydrogens (primary N) is 1. The summed E-state index contributed by atoms with van der Waals surface area (Å²) in [5.74, 6) is 1.77. The molecule has 0 radical (unpaired) electrons. The van der Waals surface area contributed by atoms with E-state index < -0.39 is 0 Å². The molecule has 2 aromatic rings. The zero-order chi connectivity index (χ0) is 15.4. The Morgan fingerprint density at radius 2 is 1.95 bits per heavy atom. The van der Waals surface area contributed by atoms with Crippen molar-refractivity contribution >= 4 is 23.5 Å². The summed E-state index contributed by atoms with van der Waals surface area (Å²) in [6.45, 7) is 2.93. The molecular formula is C14H16ClN5O2. The molecule has 7 nitrogen and oxygen atoms in total. The predicted molar refractivity (Wildman–Crippen MR) is 83.1 cm³/mol. The minimum absolute atomic E-state index is 0.174. The molecule has 1 fully saturated rings. The minimum atomic E-state index is 0.174. The van der Waals surface area contributed by atoms with E-state index in [1.807, 2.05) is 17.0 Å². The Balaban J connectivity index is 1.73. The van der Waals surface area contributed by atoms with E-state index in [-0.39, 0.29) is 12.6 Å². The van der Waals surface area contributed by atoms with Gasteiger partial charge in [-0.2, -0.15) is 15.0 Å². The topological polar surface area (TPSA) is 86.4 Å². The summed E-state index contributed by atoms with van der Waals surface area (Å²) in [7, 11) is 0. The Labute approximate surface area is 133 Å². The molecule has 1 aliphatic rings. The average molecular weight is 322 g/mol. The fourth-order valence-corrected chi connectivity index (χ4v) is 2.29. The molecule has 1 aliphatic heterocycles. The molecule has 116 valence electrons. The number of benzene rings is 1. The van der Waals surface area contributed by atoms with Gasteiger partial charge in [0.1, 0.15) is 12.4 Å². The van der Waals surface area contributed by atoms with E-state index in [0.29, 0.717) is 35.8 Å². The fourth-order valence-electron chi connectivity index (χ4n) is 2.10. The van der Waals surface area contributed by atoms with Crippen LogP contribution in [0.25, 0.3) is 0 Å². The van der Waals surface area contributed by atoms with Crippen LogP contribution in [0, 0.1) is 0 Å². The van der Waals surface area contributed by atoms with Crippen LogP contribution in [0.2, 0.25) is 5.02 Å². The SMILES string of the molecule is Nc1nc(COc2ccccc2Cl)nc(N2CCOCC2)n1. The quantitative estimate of drug-likeness (QED) is 0.913. The van der Waals surface area contributed by atoms with Gasteiger partial charge in [0, 0.05) is 13.1 Å². The van der Waals surface area contributed by atoms with Crippen molar-refractivity contribution in [3.63, 3.8) is 0 Å². The molecule has 0 aliphatic carbocycles. The average Bonchev–Trinajstić information content (AvgIpc) is 2.54. The normalized spacial score (nSPS) is 14.9. The summed E-state index contributed by atoms with van der Waals surface area (Å²) >= 11 is 6.05. The molecule has 0 atom stereocenters. The summed E-state index contributed by atoms with van der Waals surface area (Å²) < 4.78 is 11.0. The fraction of sp³-hybridized carbons (Fsp3) is 0.357. The number of hydrogen-bond acceptors (Lipinski definition) is 7. The van der Waals surface area contributed by atoms with Crippen molar-refractivity contribution in [2.24, 2.45) is 0 Å². The Bertz CT molecular complexity index is 649. The van der Waals surface area contributed by atoms with E-state index in [1.165, 1.54) is 0 Å². The first-order valence-corrected chi connectivity index (χ1v) is 7.30. The molecule has 0 unspecified atom stereocenters. The Hall–Kier alpha value is -2.12. The lowest BCUT2D eigenvalue weighted by Gasteiger charge is -2.26. The first-order valence-electron chi connectivity index (χ1n) is 6.93. The van der Waals surface area contributed by atoms with Crippen LogP contribution in [0.4, 0.5) is 11.9 Å². The summed E-state index contributed by atoms with van der Waals surface area (Å²) in [6, 6.07) is 7.24. The lowest BCUT2D eigenvalue weighted by Crippen LogP contribution is -2.37. The third-order valence-corrected chi connectivity index (χ3v) is 3.49. The lowest BCUT2D eigenvalue weighted by atomic mass is 10.3. The van der Waals surface area contributed by atoms with Gasteiger partial charge in [-0.25, -0.2) is 0 Å². The van der Waals surface area contributed by atoms with Crippen molar-refractivity contribution in [3.8, 4) is 5.75 Å². The second-order valence-corrected chi connectivity index (χ2v) is 5.14. The molecule has 8 heteroatoms. The van der Waals surface area contributed by atoms with Crippen LogP contribution in [0.5, 0.6) is 5.75 Å². The second kappa shape index (κ2) is 6.76. The summed E-state index contributed by atoms with van der Waals surface area (Å²) in [6.07, 6.45) is 0. The molecule has 2 heterocycles. The van der Waals surface area contributed by atoms with Gasteiger partial charge in [0.05, 0.1) is 18.2 Å². The van der Waals surface area contributed by atoms with Gasteiger partial charge in [-0.1, -0.05) is 23.7 Å². The number of halogens is 1. The lowest BCUT2D eigenvalue weighted by molar-refractivity contribution is 0.122. The van der Waals surface area contributed by atoms with Crippen molar-refractivity contribution in [2.45, 2.75) is 6.61 Å². The second-order valence-electron chi connectivity index (χ2n) is 4.73. The van der Waals surface area contributed by atoms with Gasteiger partial charge in [-0.15, -0.1) is 0 Å². The molecule has 1 saturated heterocycles. The van der Waals surface area contributed by atoms with Crippen LogP contribution < -0.4 is 15.4 Å². The van der Waals surface area contributed by atoms with Gasteiger partial charge in [0.25, 0.3) is 0 Å². The smallest absolute Gasteiger partial charge is 0.230 e. The van der Waals surface area contributed by atoms with Crippen LogP contribution >= 0.6 is 11.6 Å². The van der Waals surface area contributed by atoms with Crippen LogP contribution in [0.1, 0.15) is 5.82 Å². The number of hydrogen-bond donors (Lipinski definition) is 1. The van der Waals surface area contributed by atoms with E-state index >= 15 is 0 Å². The van der Waals surface area contributed by atoms with E-state index in [4.69, 9.17) is 26.8 Å². The largest absolute Gasteiger partial charge is 0.484 e. The van der Waals surface area contributed by atoms with Crippen molar-refractivity contribution in [3.05, 3.63) is 35.1 Å². The highest BCUT2D eigenvalue weighted by Gasteiger charge is 2.16. The number of aromatic nitrogens is 3. The van der Waals surface area contributed by atoms with E-state index in [0.717, 1.165) is 13.1 Å². The van der Waals surface area contributed by atoms with Crippen molar-refractivity contribution in [1.29, 1.82) is 0 Å². The molecule has 0 amide bonds. The van der Waals surface area contributed by atoms with Crippen LogP contribution in [0.15, 0.2) is 24.3 Å². The van der Waals surface area contributed by atoms with Crippen LogP contribution in [-0.2, 0) is 11.3 Å². The predicted octanol–water partition coefficient (Wildman–Crippen LogP) is 1.52. The molecule has 22 heavy (non-hydrogen) atoms. The molecule has 3 rings (SSSR count). The summed E-state index contributed by atoms with van der Waals surface area (Å²) in [5.41, 5.74) is 5.76. The maximum Gasteiger partial charge on any atom is 0.230 e. The number of ether oxygens (including phenoxy) is 2. The van der Waals surface area contributed by atoms with Gasteiger partial charge in [0.15, 0.2) is 5.82 Å². The number of nitrogen functional groups attached to an aromatic ring is 1. The Morgan fingerprint density at radius 1 is 1.18 bits per heavy atom. The Kier molecular flexibility index (Phi) is 4.55. The highest BCUT2D eigenvalue weighted by Crippen LogP contribution is 2.24. The first-order chi connectivity index (χ1) is 10.7. The molecule has 2 N–H and O–H groups in total. The number of morpholine rings is 1. The highest BCUT2D eigenvalue weighted by atomic mass is 35.5. The zero-order valence-electron chi connectivity index (χ0n) is 11.9. The maximum absolute atomic E-state index is 6.05. The van der Waals surface area contributed by atoms with Crippen molar-refractivity contribution < 1.29 is 9.47 Å². The standard InChI is InChI=1S/C14H16ClN5O2/c15-10-3-1-2-4-11(10)22-9-12-17-13(16)19-14(18-12)20-5-7-21-8-6-20/h1-4H,5-9H2,(H2,16,17,18,19). The van der Waals surface area contributed by atoms with Gasteiger partial charge in [-0.3, -0.25) is 0 Å². The van der Waals surface area contributed by atoms with E-state index in [9.17, 15) is 0 Å². The maximum atomic E-state index is 6.05. The molecule has 0 bridgehead atoms. The Morgan fingerprint density at radius 3 is 2.73 bits per heavy atom. The third kappa shape index (κ3) is 3.55. The van der Waals surface area contributed by atoms with Crippen molar-refractivity contribution in [1.82, 2.24) is 15.0 Å². The summed E-state index contributed by atoms with van der Waals surface area (Å²) in [4.78, 5) is 14.7. The third-order valence-electron chi connectivity index (χ3n) is 3.17. The molecule has 1 aromatic carbocycles. The van der Waals surface area contributed by atoms with Gasteiger partial charge in [-0.05, 0) is 12.1 Å². The van der Waals surface area contributed by atoms with E-state index in [1.54, 1.807) is 12.1 Å². The van der Waals surface area contributed by atoms with Crippen LogP contribution in [-0.4, -0.2) is 41.3 Å². The molecule has 1 aromatic heterocycles. The first kappa shape index (κ1) is 14.8.